The first-order chi connectivity index (χ1) is 11.7. The lowest BCUT2D eigenvalue weighted by molar-refractivity contribution is -0.137. The van der Waals surface area contributed by atoms with E-state index in [0.717, 1.165) is 23.9 Å². The molecular weight excluding hydrogens is 401 g/mol. The first kappa shape index (κ1) is 20.1. The number of pyridine rings is 1. The van der Waals surface area contributed by atoms with E-state index >= 15 is 0 Å². The number of hydrogen-bond donors (Lipinski definition) is 0. The molecule has 0 aliphatic heterocycles. The number of alkyl halides is 3. The van der Waals surface area contributed by atoms with E-state index in [1.165, 1.54) is 13.2 Å². The summed E-state index contributed by atoms with van der Waals surface area (Å²) < 4.78 is 57.9. The number of halogens is 6. The third-order valence-electron chi connectivity index (χ3n) is 3.30. The van der Waals surface area contributed by atoms with Gasteiger partial charge >= 0.3 is 6.18 Å². The van der Waals surface area contributed by atoms with Crippen LogP contribution in [0.5, 0.6) is 5.75 Å². The molecule has 0 bridgehead atoms. The largest absolute Gasteiger partial charge is 0.495 e. The molecule has 1 heterocycles. The number of thioether (sulfide) groups is 1. The second-order valence-corrected chi connectivity index (χ2v) is 6.78. The molecule has 0 saturated heterocycles. The number of nitrogens with zero attached hydrogens (tertiary/aromatic N) is 1. The molecule has 0 atom stereocenters. The average Bonchev–Trinajstić information content (AvgIpc) is 2.55. The van der Waals surface area contributed by atoms with Gasteiger partial charge in [-0.2, -0.15) is 13.2 Å². The van der Waals surface area contributed by atoms with Crippen LogP contribution in [0.4, 0.5) is 17.6 Å². The highest BCUT2D eigenvalue weighted by Crippen LogP contribution is 2.39. The zero-order chi connectivity index (χ0) is 18.8. The Morgan fingerprint density at radius 3 is 2.44 bits per heavy atom. The number of benzene rings is 1. The van der Waals surface area contributed by atoms with Crippen molar-refractivity contribution in [2.45, 2.75) is 30.2 Å². The molecule has 2 nitrogen and oxygen atoms in total. The molecule has 0 spiro atoms. The molecule has 0 amide bonds. The van der Waals surface area contributed by atoms with Gasteiger partial charge in [-0.1, -0.05) is 30.1 Å². The summed E-state index contributed by atoms with van der Waals surface area (Å²) in [5.41, 5.74) is -0.530. The first-order valence-electron chi connectivity index (χ1n) is 7.08. The fourth-order valence-corrected chi connectivity index (χ4v) is 3.59. The fourth-order valence-electron chi connectivity index (χ4n) is 2.09. The lowest BCUT2D eigenvalue weighted by Crippen LogP contribution is -2.10. The third-order valence-corrected chi connectivity index (χ3v) is 5.08. The average molecular weight is 414 g/mol. The van der Waals surface area contributed by atoms with E-state index in [9.17, 15) is 17.6 Å². The molecule has 0 saturated carbocycles. The second-order valence-electron chi connectivity index (χ2n) is 4.98. The van der Waals surface area contributed by atoms with Gasteiger partial charge in [0.25, 0.3) is 0 Å². The Bertz CT molecular complexity index is 784. The number of aryl methyl sites for hydroxylation is 1. The van der Waals surface area contributed by atoms with Crippen LogP contribution in [0.3, 0.4) is 0 Å². The molecule has 0 fully saturated rings. The summed E-state index contributed by atoms with van der Waals surface area (Å²) in [6.07, 6.45) is -4.30. The molecule has 9 heteroatoms. The highest BCUT2D eigenvalue weighted by Gasteiger charge is 2.35. The lowest BCUT2D eigenvalue weighted by atomic mass is 10.1. The first-order valence-corrected chi connectivity index (χ1v) is 8.82. The van der Waals surface area contributed by atoms with Crippen LogP contribution in [0.25, 0.3) is 0 Å². The Morgan fingerprint density at radius 1 is 1.20 bits per heavy atom. The maximum Gasteiger partial charge on any atom is 0.417 e. The molecular formula is C16H13Cl2F4NOS. The number of ether oxygens (including phenoxy) is 1. The number of methoxy groups -OCH3 is 1. The molecule has 25 heavy (non-hydrogen) atoms. The van der Waals surface area contributed by atoms with Gasteiger partial charge in [-0.3, -0.25) is 4.98 Å². The molecule has 0 N–H and O–H groups in total. The van der Waals surface area contributed by atoms with Crippen LogP contribution < -0.4 is 4.74 Å². The minimum Gasteiger partial charge on any atom is -0.495 e. The van der Waals surface area contributed by atoms with Gasteiger partial charge in [0.05, 0.1) is 39.0 Å². The van der Waals surface area contributed by atoms with Crippen LogP contribution in [-0.2, 0) is 18.3 Å². The molecule has 1 aromatic carbocycles. The maximum atomic E-state index is 13.5. The van der Waals surface area contributed by atoms with Crippen molar-refractivity contribution in [3.05, 3.63) is 51.0 Å². The highest BCUT2D eigenvalue weighted by molar-refractivity contribution is 7.98. The maximum absolute atomic E-state index is 13.5. The smallest absolute Gasteiger partial charge is 0.417 e. The predicted molar refractivity (Wildman–Crippen MR) is 91.2 cm³/mol. The Labute approximate surface area is 156 Å². The van der Waals surface area contributed by atoms with E-state index in [2.05, 4.69) is 4.98 Å². The van der Waals surface area contributed by atoms with Gasteiger partial charge in [0.2, 0.25) is 0 Å². The zero-order valence-electron chi connectivity index (χ0n) is 13.2. The van der Waals surface area contributed by atoms with Crippen LogP contribution in [-0.4, -0.2) is 12.1 Å². The van der Waals surface area contributed by atoms with Crippen molar-refractivity contribution in [1.29, 1.82) is 0 Å². The second kappa shape index (κ2) is 8.01. The van der Waals surface area contributed by atoms with Crippen molar-refractivity contribution in [2.75, 3.05) is 7.11 Å². The van der Waals surface area contributed by atoms with Gasteiger partial charge in [-0.05, 0) is 18.6 Å². The van der Waals surface area contributed by atoms with E-state index in [0.29, 0.717) is 4.90 Å². The van der Waals surface area contributed by atoms with Crippen LogP contribution in [0.1, 0.15) is 23.9 Å². The van der Waals surface area contributed by atoms with Gasteiger partial charge in [-0.15, -0.1) is 11.8 Å². The summed E-state index contributed by atoms with van der Waals surface area (Å²) in [6.45, 7) is 1.67. The van der Waals surface area contributed by atoms with Crippen LogP contribution in [0, 0.1) is 5.82 Å². The van der Waals surface area contributed by atoms with E-state index in [-0.39, 0.29) is 39.4 Å². The summed E-state index contributed by atoms with van der Waals surface area (Å²) in [5, 5.41) is -0.483. The fraction of sp³-hybridized carbons (Fsp3) is 0.312. The molecule has 0 aliphatic rings. The Hall–Kier alpha value is -1.18. The van der Waals surface area contributed by atoms with Gasteiger partial charge in [0, 0.05) is 11.8 Å². The summed E-state index contributed by atoms with van der Waals surface area (Å²) in [6, 6.07) is 3.41. The quantitative estimate of drug-likeness (QED) is 0.417. The minimum atomic E-state index is -4.57. The Balaban J connectivity index is 2.34. The van der Waals surface area contributed by atoms with Gasteiger partial charge < -0.3 is 4.74 Å². The Kier molecular flexibility index (Phi) is 6.45. The van der Waals surface area contributed by atoms with Crippen LogP contribution in [0.15, 0.2) is 23.1 Å². The zero-order valence-corrected chi connectivity index (χ0v) is 15.5. The highest BCUT2D eigenvalue weighted by atomic mass is 35.5. The summed E-state index contributed by atoms with van der Waals surface area (Å²) in [7, 11) is 1.37. The standard InChI is InChI=1S/C16H13Cl2F4NOS/c1-3-12-15(18)9(16(20,21)22)4-8(23-12)7-25-14-5-10(17)11(19)6-13(14)24-2/h4-6H,3,7H2,1-2H3. The van der Waals surface area contributed by atoms with Crippen molar-refractivity contribution < 1.29 is 22.3 Å². The van der Waals surface area contributed by atoms with E-state index in [4.69, 9.17) is 27.9 Å². The van der Waals surface area contributed by atoms with Gasteiger partial charge in [0.1, 0.15) is 11.6 Å². The number of rotatable bonds is 5. The van der Waals surface area contributed by atoms with E-state index in [1.54, 1.807) is 6.92 Å². The molecule has 2 aromatic rings. The monoisotopic (exact) mass is 413 g/mol. The molecule has 136 valence electrons. The SMILES string of the molecule is CCc1nc(CSc2cc(Cl)c(F)cc2OC)cc(C(F)(F)F)c1Cl. The Morgan fingerprint density at radius 2 is 1.88 bits per heavy atom. The minimum absolute atomic E-state index is 0.0995. The molecule has 0 unspecified atom stereocenters. The molecule has 0 aliphatic carbocycles. The van der Waals surface area contributed by atoms with Crippen LogP contribution >= 0.6 is 35.0 Å². The molecule has 1 aromatic heterocycles. The molecule has 0 radical (unpaired) electrons. The van der Waals surface area contributed by atoms with E-state index in [1.807, 2.05) is 0 Å². The number of aromatic nitrogens is 1. The predicted octanol–water partition coefficient (Wildman–Crippen LogP) is 6.41. The van der Waals surface area contributed by atoms with Gasteiger partial charge in [-0.25, -0.2) is 4.39 Å². The van der Waals surface area contributed by atoms with Crippen molar-refractivity contribution in [3.8, 4) is 5.75 Å². The summed E-state index contributed by atoms with van der Waals surface area (Å²) >= 11 is 12.7. The van der Waals surface area contributed by atoms with E-state index < -0.39 is 17.6 Å². The lowest BCUT2D eigenvalue weighted by Gasteiger charge is -2.14. The van der Waals surface area contributed by atoms with Crippen molar-refractivity contribution in [3.63, 3.8) is 0 Å². The third kappa shape index (κ3) is 4.71. The van der Waals surface area contributed by atoms with Crippen LogP contribution in [0.2, 0.25) is 10.0 Å². The summed E-state index contributed by atoms with van der Waals surface area (Å²) in [4.78, 5) is 4.67. The molecule has 2 rings (SSSR count). The van der Waals surface area contributed by atoms with Gasteiger partial charge in [0.15, 0.2) is 0 Å². The number of hydrogen-bond acceptors (Lipinski definition) is 3. The summed E-state index contributed by atoms with van der Waals surface area (Å²) in [5.74, 6) is -0.279. The van der Waals surface area contributed by atoms with Crippen molar-refractivity contribution >= 4 is 35.0 Å². The van der Waals surface area contributed by atoms with Crippen molar-refractivity contribution in [1.82, 2.24) is 4.98 Å². The van der Waals surface area contributed by atoms with Crippen molar-refractivity contribution in [2.24, 2.45) is 0 Å². The topological polar surface area (TPSA) is 22.1 Å². The normalized spacial score (nSPS) is 11.7.